The van der Waals surface area contributed by atoms with Gasteiger partial charge in [0.1, 0.15) is 0 Å². The number of hydrogen-bond donors (Lipinski definition) is 1. The monoisotopic (exact) mass is 444 g/mol. The minimum atomic E-state index is -3.85. The molecule has 1 aliphatic heterocycles. The Morgan fingerprint density at radius 1 is 1.30 bits per heavy atom. The Kier molecular flexibility index (Phi) is 5.31. The minimum absolute atomic E-state index is 0.132. The third-order valence-corrected chi connectivity index (χ3v) is 7.28. The number of carbonyl (C=O) groups is 1. The van der Waals surface area contributed by atoms with Gasteiger partial charge < -0.3 is 10.0 Å². The normalized spacial score (nSPS) is 15.8. The van der Waals surface area contributed by atoms with Gasteiger partial charge >= 0.3 is 0 Å². The number of benzene rings is 1. The lowest BCUT2D eigenvalue weighted by atomic mass is 10.1. The van der Waals surface area contributed by atoms with E-state index in [-0.39, 0.29) is 18.0 Å². The van der Waals surface area contributed by atoms with Crippen molar-refractivity contribution in [3.05, 3.63) is 65.0 Å². The number of aliphatic hydroxyl groups excluding tert-OH is 1. The first-order valence-corrected chi connectivity index (χ1v) is 11.6. The molecule has 0 unspecified atom stereocenters. The third kappa shape index (κ3) is 3.47. The highest BCUT2D eigenvalue weighted by molar-refractivity contribution is 7.89. The Balaban J connectivity index is 1.55. The zero-order valence-electron chi connectivity index (χ0n) is 16.4. The molecule has 156 valence electrons. The maximum atomic E-state index is 13.0. The number of fused-ring (bicyclic) bond motifs is 2. The smallest absolute Gasteiger partial charge is 0.283 e. The Hall–Kier alpha value is -2.82. The van der Waals surface area contributed by atoms with E-state index in [9.17, 15) is 18.3 Å². The molecule has 2 aromatic heterocycles. The summed E-state index contributed by atoms with van der Waals surface area (Å²) in [6.45, 7) is 3.90. The maximum absolute atomic E-state index is 13.0. The zero-order valence-corrected chi connectivity index (χ0v) is 18.0. The molecular weight excluding hydrogens is 424 g/mol. The Morgan fingerprint density at radius 2 is 2.10 bits per heavy atom. The van der Waals surface area contributed by atoms with E-state index in [2.05, 4.69) is 10.1 Å². The lowest BCUT2D eigenvalue weighted by molar-refractivity contribution is -0.138. The molecule has 0 saturated carbocycles. The highest BCUT2D eigenvalue weighted by atomic mass is 32.2. The van der Waals surface area contributed by atoms with Crippen LogP contribution in [0, 0.1) is 0 Å². The highest BCUT2D eigenvalue weighted by Crippen LogP contribution is 2.27. The Bertz CT molecular complexity index is 1260. The van der Waals surface area contributed by atoms with Crippen molar-refractivity contribution in [1.29, 1.82) is 0 Å². The van der Waals surface area contributed by atoms with Gasteiger partial charge in [0.25, 0.3) is 15.9 Å². The van der Waals surface area contributed by atoms with Crippen LogP contribution in [-0.2, 0) is 27.9 Å². The fraction of sp³-hybridized carbons (Fsp3) is 0.250. The summed E-state index contributed by atoms with van der Waals surface area (Å²) in [6, 6.07) is 4.76. The molecule has 1 amide bonds. The van der Waals surface area contributed by atoms with Crippen LogP contribution in [0.4, 0.5) is 0 Å². The summed E-state index contributed by atoms with van der Waals surface area (Å²) in [5.74, 6) is -0.441. The predicted octanol–water partition coefficient (Wildman–Crippen LogP) is 2.46. The summed E-state index contributed by atoms with van der Waals surface area (Å²) < 4.78 is 27.7. The molecule has 0 aliphatic carbocycles. The highest BCUT2D eigenvalue weighted by Gasteiger charge is 2.32. The maximum Gasteiger partial charge on any atom is 0.283 e. The molecule has 1 N–H and O–H groups in total. The molecule has 8 nitrogen and oxygen atoms in total. The number of nitrogens with zero attached hydrogens (tertiary/aromatic N) is 4. The molecule has 1 atom stereocenters. The van der Waals surface area contributed by atoms with Gasteiger partial charge in [-0.15, -0.1) is 11.3 Å². The van der Waals surface area contributed by atoms with Gasteiger partial charge in [-0.25, -0.2) is 4.98 Å². The average Bonchev–Trinajstić information content (AvgIpc) is 3.44. The molecule has 0 bridgehead atoms. The number of aliphatic hydroxyl groups is 1. The van der Waals surface area contributed by atoms with E-state index in [0.717, 1.165) is 14.3 Å². The fourth-order valence-corrected chi connectivity index (χ4v) is 5.35. The molecule has 3 heterocycles. The molecule has 10 heteroatoms. The summed E-state index contributed by atoms with van der Waals surface area (Å²) in [5.41, 5.74) is 4.07. The second-order valence-corrected chi connectivity index (χ2v) is 9.53. The van der Waals surface area contributed by atoms with Crippen molar-refractivity contribution in [2.45, 2.75) is 37.9 Å². The number of thiazole rings is 1. The number of rotatable bonds is 5. The van der Waals surface area contributed by atoms with Gasteiger partial charge in [-0.1, -0.05) is 18.2 Å². The van der Waals surface area contributed by atoms with Gasteiger partial charge in [-0.05, 0) is 37.6 Å². The topological polar surface area (TPSA) is 105 Å². The molecule has 0 spiro atoms. The van der Waals surface area contributed by atoms with Gasteiger partial charge in [-0.3, -0.25) is 4.79 Å². The van der Waals surface area contributed by atoms with E-state index in [4.69, 9.17) is 0 Å². The number of aromatic nitrogens is 3. The van der Waals surface area contributed by atoms with Crippen LogP contribution >= 0.6 is 11.3 Å². The summed E-state index contributed by atoms with van der Waals surface area (Å²) in [6.07, 6.45) is 5.29. The molecule has 0 radical (unpaired) electrons. The molecule has 1 aliphatic rings. The van der Waals surface area contributed by atoms with Crippen molar-refractivity contribution in [2.75, 3.05) is 0 Å². The molecule has 1 aromatic carbocycles. The van der Waals surface area contributed by atoms with Crippen molar-refractivity contribution in [1.82, 2.24) is 19.1 Å². The van der Waals surface area contributed by atoms with Gasteiger partial charge in [0.05, 0.1) is 32.9 Å². The lowest BCUT2D eigenvalue weighted by Gasteiger charge is -2.20. The van der Waals surface area contributed by atoms with Gasteiger partial charge in [0.15, 0.2) is 6.10 Å². The van der Waals surface area contributed by atoms with Crippen LogP contribution in [-0.4, -0.2) is 44.6 Å². The minimum Gasteiger partial charge on any atom is -0.378 e. The predicted molar refractivity (Wildman–Crippen MR) is 113 cm³/mol. The average molecular weight is 445 g/mol. The molecule has 4 rings (SSSR count). The van der Waals surface area contributed by atoms with Crippen LogP contribution < -0.4 is 0 Å². The molecule has 0 fully saturated rings. The second-order valence-electron chi connectivity index (χ2n) is 6.85. The fourth-order valence-electron chi connectivity index (χ4n) is 3.36. The van der Waals surface area contributed by atoms with Crippen molar-refractivity contribution < 1.29 is 18.3 Å². The van der Waals surface area contributed by atoms with Gasteiger partial charge in [0.2, 0.25) is 0 Å². The lowest BCUT2D eigenvalue weighted by Crippen LogP contribution is -2.36. The molecule has 30 heavy (non-hydrogen) atoms. The zero-order chi connectivity index (χ0) is 21.5. The molecular formula is C20H20N4O4S2. The first-order valence-electron chi connectivity index (χ1n) is 9.27. The van der Waals surface area contributed by atoms with Gasteiger partial charge in [-0.2, -0.15) is 17.6 Å². The van der Waals surface area contributed by atoms with E-state index in [1.165, 1.54) is 28.5 Å². The van der Waals surface area contributed by atoms with Crippen LogP contribution in [0.3, 0.4) is 0 Å². The van der Waals surface area contributed by atoms with E-state index in [0.29, 0.717) is 16.8 Å². The van der Waals surface area contributed by atoms with Crippen LogP contribution in [0.5, 0.6) is 0 Å². The molecule has 3 aromatic rings. The number of hydrogen-bond acceptors (Lipinski definition) is 7. The number of amides is 1. The first kappa shape index (κ1) is 20.5. The van der Waals surface area contributed by atoms with E-state index in [1.54, 1.807) is 42.8 Å². The van der Waals surface area contributed by atoms with Crippen LogP contribution in [0.2, 0.25) is 0 Å². The van der Waals surface area contributed by atoms with Crippen molar-refractivity contribution in [2.24, 2.45) is 0 Å². The Morgan fingerprint density at radius 3 is 2.80 bits per heavy atom. The van der Waals surface area contributed by atoms with Crippen LogP contribution in [0.25, 0.3) is 10.2 Å². The standard InChI is InChI=1S/C20H20N4O4S2/c1-3-5-13(4-2)19(25)20(26)23-9-14-10-24(22-17(14)11-23)30(27,28)15-6-7-16-18(8-15)29-12-21-16/h3-8,10,12,19,25H,9,11H2,1-2H3/b5-3-,13-4+/t19-/m1/s1. The van der Waals surface area contributed by atoms with E-state index < -0.39 is 22.0 Å². The molecule has 0 saturated heterocycles. The first-order chi connectivity index (χ1) is 14.3. The van der Waals surface area contributed by atoms with E-state index >= 15 is 0 Å². The summed E-state index contributed by atoms with van der Waals surface area (Å²) in [5, 5.41) is 14.6. The van der Waals surface area contributed by atoms with Crippen LogP contribution in [0.1, 0.15) is 25.1 Å². The second kappa shape index (κ2) is 7.78. The van der Waals surface area contributed by atoms with Crippen molar-refractivity contribution in [3.63, 3.8) is 0 Å². The number of carbonyl (C=O) groups excluding carboxylic acids is 1. The van der Waals surface area contributed by atoms with Crippen molar-refractivity contribution >= 4 is 37.5 Å². The van der Waals surface area contributed by atoms with Crippen LogP contribution in [0.15, 0.2) is 58.6 Å². The third-order valence-electron chi connectivity index (χ3n) is 4.96. The Labute approximate surface area is 177 Å². The summed E-state index contributed by atoms with van der Waals surface area (Å²) in [4.78, 5) is 18.4. The quantitative estimate of drug-likeness (QED) is 0.606. The SMILES string of the molecule is C/C=C\C(=C/C)[C@@H](O)C(=O)N1Cc2cn(S(=O)(=O)c3ccc4ncsc4c3)nc2C1. The summed E-state index contributed by atoms with van der Waals surface area (Å²) in [7, 11) is -3.85. The summed E-state index contributed by atoms with van der Waals surface area (Å²) >= 11 is 1.37. The van der Waals surface area contributed by atoms with Crippen molar-refractivity contribution in [3.8, 4) is 0 Å². The van der Waals surface area contributed by atoms with E-state index in [1.807, 2.05) is 6.92 Å². The number of allylic oxidation sites excluding steroid dienone is 2. The van der Waals surface area contributed by atoms with Gasteiger partial charge in [0, 0.05) is 18.3 Å². The largest absolute Gasteiger partial charge is 0.378 e.